The van der Waals surface area contributed by atoms with Crippen molar-refractivity contribution in [3.63, 3.8) is 0 Å². The zero-order valence-electron chi connectivity index (χ0n) is 11.7. The second-order valence-corrected chi connectivity index (χ2v) is 5.57. The summed E-state index contributed by atoms with van der Waals surface area (Å²) in [5.74, 6) is -1.13. The minimum absolute atomic E-state index is 0.0289. The Morgan fingerprint density at radius 3 is 2.42 bits per heavy atom. The van der Waals surface area contributed by atoms with Crippen LogP contribution in [0, 0.1) is 5.41 Å². The van der Waals surface area contributed by atoms with Crippen LogP contribution in [-0.4, -0.2) is 34.7 Å². The van der Waals surface area contributed by atoms with Crippen LogP contribution in [-0.2, 0) is 9.59 Å². The number of rotatable bonds is 7. The minimum atomic E-state index is -0.891. The highest BCUT2D eigenvalue weighted by atomic mass is 16.4. The summed E-state index contributed by atoms with van der Waals surface area (Å²) < 4.78 is 0. The van der Waals surface area contributed by atoms with Crippen LogP contribution in [0.3, 0.4) is 0 Å². The van der Waals surface area contributed by atoms with Crippen molar-refractivity contribution in [1.82, 2.24) is 5.32 Å². The fourth-order valence-electron chi connectivity index (χ4n) is 2.73. The largest absolute Gasteiger partial charge is 0.481 e. The van der Waals surface area contributed by atoms with Gasteiger partial charge in [-0.1, -0.05) is 32.6 Å². The topological polar surface area (TPSA) is 86.6 Å². The van der Waals surface area contributed by atoms with Crippen LogP contribution in [0.4, 0.5) is 0 Å². The number of carboxylic acids is 1. The summed E-state index contributed by atoms with van der Waals surface area (Å²) in [4.78, 5) is 23.3. The number of hydrogen-bond donors (Lipinski definition) is 3. The first-order chi connectivity index (χ1) is 9.00. The monoisotopic (exact) mass is 271 g/mol. The lowest BCUT2D eigenvalue weighted by Gasteiger charge is -2.32. The van der Waals surface area contributed by atoms with E-state index < -0.39 is 17.5 Å². The van der Waals surface area contributed by atoms with Crippen molar-refractivity contribution < 1.29 is 19.8 Å². The van der Waals surface area contributed by atoms with Gasteiger partial charge in [0.1, 0.15) is 0 Å². The number of aliphatic hydroxyl groups is 1. The first kappa shape index (κ1) is 16.0. The molecule has 3 N–H and O–H groups in total. The molecule has 0 aromatic heterocycles. The van der Waals surface area contributed by atoms with Crippen molar-refractivity contribution in [3.05, 3.63) is 0 Å². The van der Waals surface area contributed by atoms with Crippen molar-refractivity contribution in [2.45, 2.75) is 64.4 Å². The number of carbonyl (C=O) groups excluding carboxylic acids is 1. The Labute approximate surface area is 114 Å². The van der Waals surface area contributed by atoms with Gasteiger partial charge in [-0.25, -0.2) is 0 Å². The van der Waals surface area contributed by atoms with Gasteiger partial charge < -0.3 is 15.5 Å². The molecule has 0 bridgehead atoms. The van der Waals surface area contributed by atoms with Gasteiger partial charge in [-0.2, -0.15) is 0 Å². The van der Waals surface area contributed by atoms with E-state index in [1.165, 1.54) is 0 Å². The molecule has 1 amide bonds. The standard InChI is InChI=1S/C14H25NO4/c1-2-6-11(16)10-15-12(17)9-14(13(18)19)7-4-3-5-8-14/h11,16H,2-10H2,1H3,(H,15,17)(H,18,19). The van der Waals surface area contributed by atoms with E-state index in [9.17, 15) is 19.8 Å². The molecule has 1 aliphatic rings. The molecule has 0 aliphatic heterocycles. The second-order valence-electron chi connectivity index (χ2n) is 5.57. The molecule has 0 heterocycles. The van der Waals surface area contributed by atoms with E-state index in [-0.39, 0.29) is 18.9 Å². The van der Waals surface area contributed by atoms with Crippen molar-refractivity contribution in [3.8, 4) is 0 Å². The molecule has 0 spiro atoms. The third-order valence-electron chi connectivity index (χ3n) is 3.92. The van der Waals surface area contributed by atoms with Crippen LogP contribution >= 0.6 is 0 Å². The van der Waals surface area contributed by atoms with Gasteiger partial charge in [0.25, 0.3) is 0 Å². The molecule has 0 radical (unpaired) electrons. The van der Waals surface area contributed by atoms with Gasteiger partial charge in [0.05, 0.1) is 11.5 Å². The Morgan fingerprint density at radius 2 is 1.89 bits per heavy atom. The molecule has 1 fully saturated rings. The highest BCUT2D eigenvalue weighted by molar-refractivity contribution is 5.85. The van der Waals surface area contributed by atoms with Gasteiger partial charge in [-0.3, -0.25) is 9.59 Å². The van der Waals surface area contributed by atoms with Gasteiger partial charge in [0.2, 0.25) is 5.91 Å². The average molecular weight is 271 g/mol. The average Bonchev–Trinajstić information content (AvgIpc) is 2.38. The summed E-state index contributed by atoms with van der Waals surface area (Å²) in [5.41, 5.74) is -0.891. The second kappa shape index (κ2) is 7.48. The van der Waals surface area contributed by atoms with E-state index in [1.807, 2.05) is 6.92 Å². The van der Waals surface area contributed by atoms with Crippen molar-refractivity contribution in [2.24, 2.45) is 5.41 Å². The van der Waals surface area contributed by atoms with E-state index in [2.05, 4.69) is 5.32 Å². The van der Waals surface area contributed by atoms with Crippen LogP contribution in [0.25, 0.3) is 0 Å². The molecule has 1 unspecified atom stereocenters. The molecule has 1 atom stereocenters. The Balaban J connectivity index is 2.46. The third-order valence-corrected chi connectivity index (χ3v) is 3.92. The smallest absolute Gasteiger partial charge is 0.310 e. The normalized spacial score (nSPS) is 19.7. The Bertz CT molecular complexity index is 311. The summed E-state index contributed by atoms with van der Waals surface area (Å²) in [6, 6.07) is 0. The van der Waals surface area contributed by atoms with Crippen LogP contribution in [0.15, 0.2) is 0 Å². The number of hydrogen-bond acceptors (Lipinski definition) is 3. The molecule has 110 valence electrons. The maximum Gasteiger partial charge on any atom is 0.310 e. The maximum atomic E-state index is 11.8. The number of aliphatic carboxylic acids is 1. The molecule has 0 aromatic rings. The molecular formula is C14H25NO4. The van der Waals surface area contributed by atoms with Crippen LogP contribution in [0.2, 0.25) is 0 Å². The summed E-state index contributed by atoms with van der Waals surface area (Å²) in [7, 11) is 0. The zero-order valence-corrected chi connectivity index (χ0v) is 11.7. The molecule has 19 heavy (non-hydrogen) atoms. The molecule has 1 aliphatic carbocycles. The van der Waals surface area contributed by atoms with Crippen LogP contribution in [0.1, 0.15) is 58.3 Å². The van der Waals surface area contributed by atoms with E-state index >= 15 is 0 Å². The van der Waals surface area contributed by atoms with Gasteiger partial charge in [-0.05, 0) is 19.3 Å². The summed E-state index contributed by atoms with van der Waals surface area (Å²) in [5, 5.41) is 21.6. The van der Waals surface area contributed by atoms with E-state index in [4.69, 9.17) is 0 Å². The lowest BCUT2D eigenvalue weighted by molar-refractivity contribution is -0.154. The SMILES string of the molecule is CCCC(O)CNC(=O)CC1(C(=O)O)CCCCC1. The molecular weight excluding hydrogens is 246 g/mol. The van der Waals surface area contributed by atoms with Crippen molar-refractivity contribution in [1.29, 1.82) is 0 Å². The third kappa shape index (κ3) is 4.82. The van der Waals surface area contributed by atoms with E-state index in [0.29, 0.717) is 19.3 Å². The quantitative estimate of drug-likeness (QED) is 0.657. The van der Waals surface area contributed by atoms with Gasteiger partial charge >= 0.3 is 5.97 Å². The van der Waals surface area contributed by atoms with Crippen molar-refractivity contribution >= 4 is 11.9 Å². The predicted molar refractivity (Wildman–Crippen MR) is 71.7 cm³/mol. The lowest BCUT2D eigenvalue weighted by Crippen LogP contribution is -2.41. The number of aliphatic hydroxyl groups excluding tert-OH is 1. The van der Waals surface area contributed by atoms with Crippen LogP contribution in [0.5, 0.6) is 0 Å². The van der Waals surface area contributed by atoms with E-state index in [0.717, 1.165) is 25.7 Å². The predicted octanol–water partition coefficient (Wildman–Crippen LogP) is 1.69. The first-order valence-corrected chi connectivity index (χ1v) is 7.18. The minimum Gasteiger partial charge on any atom is -0.481 e. The Hall–Kier alpha value is -1.10. The highest BCUT2D eigenvalue weighted by Gasteiger charge is 2.41. The fourth-order valence-corrected chi connectivity index (χ4v) is 2.73. The molecule has 0 saturated heterocycles. The number of nitrogens with one attached hydrogen (secondary N) is 1. The summed E-state index contributed by atoms with van der Waals surface area (Å²) in [6.07, 6.45) is 4.94. The molecule has 5 nitrogen and oxygen atoms in total. The lowest BCUT2D eigenvalue weighted by atomic mass is 9.71. The first-order valence-electron chi connectivity index (χ1n) is 7.18. The van der Waals surface area contributed by atoms with Gasteiger partial charge in [0.15, 0.2) is 0 Å². The van der Waals surface area contributed by atoms with Gasteiger partial charge in [-0.15, -0.1) is 0 Å². The zero-order chi connectivity index (χ0) is 14.3. The summed E-state index contributed by atoms with van der Waals surface area (Å²) in [6.45, 7) is 2.18. The summed E-state index contributed by atoms with van der Waals surface area (Å²) >= 11 is 0. The van der Waals surface area contributed by atoms with E-state index in [1.54, 1.807) is 0 Å². The molecule has 0 aromatic carbocycles. The van der Waals surface area contributed by atoms with Gasteiger partial charge in [0, 0.05) is 13.0 Å². The number of carbonyl (C=O) groups is 2. The molecule has 5 heteroatoms. The maximum absolute atomic E-state index is 11.8. The molecule has 1 rings (SSSR count). The highest BCUT2D eigenvalue weighted by Crippen LogP contribution is 2.39. The number of amides is 1. The number of carboxylic acid groups (broad SMARTS) is 1. The Morgan fingerprint density at radius 1 is 1.26 bits per heavy atom. The van der Waals surface area contributed by atoms with Crippen molar-refractivity contribution in [2.75, 3.05) is 6.54 Å². The molecule has 1 saturated carbocycles. The fraction of sp³-hybridized carbons (Fsp3) is 0.857. The van der Waals surface area contributed by atoms with Crippen LogP contribution < -0.4 is 5.32 Å². The Kier molecular flexibility index (Phi) is 6.28.